The molecule has 4 aliphatic rings. The molecule has 95 heavy (non-hydrogen) atoms. The molecule has 3 aromatic heterocycles. The summed E-state index contributed by atoms with van der Waals surface area (Å²) in [5.74, 6) is -1.12. The normalized spacial score (nSPS) is 23.0. The lowest BCUT2D eigenvalue weighted by Crippen LogP contribution is -2.38. The molecule has 0 radical (unpaired) electrons. The van der Waals surface area contributed by atoms with E-state index in [0.29, 0.717) is 62.4 Å². The number of ketones is 2. The molecule has 4 fully saturated rings. The van der Waals surface area contributed by atoms with Crippen LogP contribution >= 0.6 is 22.7 Å². The highest BCUT2D eigenvalue weighted by molar-refractivity contribution is 7.13. The van der Waals surface area contributed by atoms with E-state index in [1.807, 2.05) is 73.2 Å². The monoisotopic (exact) mass is 1340 g/mol. The number of carbonyl (C=O) groups excluding carboxylic acids is 6. The Morgan fingerprint density at radius 3 is 1.62 bits per heavy atom. The smallest absolute Gasteiger partial charge is 0.313 e. The topological polar surface area (TPSA) is 234 Å². The number of hydrogen-bond donors (Lipinski definition) is 2. The number of hydrogen-bond acceptors (Lipinski definition) is 18. The first-order valence-electron chi connectivity index (χ1n) is 33.0. The van der Waals surface area contributed by atoms with Crippen LogP contribution in [0.25, 0.3) is 42.9 Å². The maximum atomic E-state index is 14.1. The fourth-order valence-corrected chi connectivity index (χ4v) is 15.0. The van der Waals surface area contributed by atoms with E-state index in [1.54, 1.807) is 93.9 Å². The molecule has 0 bridgehead atoms. The number of phenolic OH excluding ortho intramolecular Hbond substituents is 1. The second-order valence-electron chi connectivity index (χ2n) is 25.4. The number of thiazole rings is 2. The van der Waals surface area contributed by atoms with E-state index in [9.17, 15) is 39.0 Å². The highest BCUT2D eigenvalue weighted by Crippen LogP contribution is 2.59. The van der Waals surface area contributed by atoms with Crippen molar-refractivity contribution >= 4 is 79.7 Å². The number of ether oxygens (including phenoxy) is 5. The predicted molar refractivity (Wildman–Crippen MR) is 372 cm³/mol. The summed E-state index contributed by atoms with van der Waals surface area (Å²) >= 11 is 3.04. The third-order valence-electron chi connectivity index (χ3n) is 19.3. The lowest BCUT2D eigenvalue weighted by molar-refractivity contribution is -0.153. The van der Waals surface area contributed by atoms with E-state index in [4.69, 9.17) is 28.7 Å². The van der Waals surface area contributed by atoms with Gasteiger partial charge < -0.3 is 43.7 Å². The number of rotatable bonds is 30. The quantitative estimate of drug-likeness (QED) is 0.0242. The molecular weight excluding hydrogens is 1240 g/mol. The van der Waals surface area contributed by atoms with Crippen LogP contribution in [0.4, 0.5) is 0 Å². The van der Waals surface area contributed by atoms with Crippen LogP contribution in [0.2, 0.25) is 0 Å². The van der Waals surface area contributed by atoms with E-state index < -0.39 is 46.7 Å². The van der Waals surface area contributed by atoms with E-state index in [-0.39, 0.29) is 85.4 Å². The first-order valence-corrected chi connectivity index (χ1v) is 34.7. The first-order chi connectivity index (χ1) is 45.7. The van der Waals surface area contributed by atoms with Crippen LogP contribution in [0.15, 0.2) is 116 Å². The van der Waals surface area contributed by atoms with E-state index in [0.717, 1.165) is 92.7 Å². The average molecular weight is 1340 g/mol. The van der Waals surface area contributed by atoms with Crippen LogP contribution in [0.3, 0.4) is 0 Å². The number of pyridine rings is 1. The molecule has 3 heterocycles. The standard InChI is InChI=1S/C37H45N3O6S.C23H35NO5.C15H13NO2S/c1-7-10-11-12-16-40(5)35(42)28-19-25(18-27(28)30(41)22-37(21-24(37)8-2)36(43)45-9-3)46-32-20-29(34-38-15-17-47-34)39-33-23(4)31(44-6)14-13-26(32)33;1-5-8-9-10-11-24(4)21(27)19-13-17(25)12-18(19)20(26)15-23(14-16(23)6-2)22(28)29-7-3;1-9-12-7-10(15-16-5-6-19-15)8-13(17)11(12)3-4-14(9)18-2/h7-8,13-15,17,20,24-25,27-28H,1-2,9-12,16,18-19,21-22H2,3-6H3;5-6,16-19,25H,1-2,7-15H2,3-4H3;3-8,17H,1-2H3/t24-,25-,27-,28-,37-;16-,17+,18-,19-,23-;/m11./s1. The van der Waals surface area contributed by atoms with Gasteiger partial charge in [-0.25, -0.2) is 15.0 Å². The Bertz CT molecular complexity index is 3740. The molecule has 20 heteroatoms. The number of Topliss-reactive ketones (excluding diaryl/α,β-unsaturated/α-hetero) is 2. The third-order valence-corrected chi connectivity index (χ3v) is 20.9. The van der Waals surface area contributed by atoms with Crippen molar-refractivity contribution in [2.45, 2.75) is 130 Å². The molecule has 6 aromatic rings. The Morgan fingerprint density at radius 1 is 0.632 bits per heavy atom. The second-order valence-corrected chi connectivity index (χ2v) is 27.2. The van der Waals surface area contributed by atoms with Crippen LogP contribution in [0.5, 0.6) is 23.0 Å². The molecule has 0 saturated heterocycles. The van der Waals surface area contributed by atoms with Gasteiger partial charge in [0.15, 0.2) is 0 Å². The van der Waals surface area contributed by atoms with Gasteiger partial charge in [0.25, 0.3) is 0 Å². The zero-order valence-electron chi connectivity index (χ0n) is 56.3. The van der Waals surface area contributed by atoms with E-state index in [1.165, 1.54) is 11.3 Å². The second kappa shape index (κ2) is 33.1. The molecule has 18 nitrogen and oxygen atoms in total. The van der Waals surface area contributed by atoms with Crippen molar-refractivity contribution in [1.29, 1.82) is 0 Å². The molecule has 3 aromatic carbocycles. The van der Waals surface area contributed by atoms with Crippen molar-refractivity contribution in [2.75, 3.05) is 54.6 Å². The number of aliphatic hydroxyl groups excluding tert-OH is 1. The minimum Gasteiger partial charge on any atom is -0.507 e. The number of aromatic hydroxyl groups is 1. The van der Waals surface area contributed by atoms with E-state index in [2.05, 4.69) is 36.3 Å². The van der Waals surface area contributed by atoms with Crippen LogP contribution in [-0.4, -0.2) is 137 Å². The number of aryl methyl sites for hydroxylation is 2. The van der Waals surface area contributed by atoms with Gasteiger partial charge in [-0.15, -0.1) is 49.0 Å². The number of phenols is 1. The number of esters is 2. The summed E-state index contributed by atoms with van der Waals surface area (Å²) in [6.45, 7) is 24.3. The van der Waals surface area contributed by atoms with Gasteiger partial charge in [0.05, 0.1) is 61.7 Å². The van der Waals surface area contributed by atoms with Crippen LogP contribution in [0, 0.1) is 60.2 Å². The zero-order valence-corrected chi connectivity index (χ0v) is 57.9. The summed E-state index contributed by atoms with van der Waals surface area (Å²) in [7, 11) is 6.83. The molecule has 0 aliphatic heterocycles. The number of nitrogens with zero attached hydrogens (tertiary/aromatic N) is 5. The van der Waals surface area contributed by atoms with Gasteiger partial charge >= 0.3 is 11.9 Å². The third kappa shape index (κ3) is 16.8. The number of amides is 2. The van der Waals surface area contributed by atoms with Crippen LogP contribution in [-0.2, 0) is 38.2 Å². The number of fused-ring (bicyclic) bond motifs is 2. The number of carbonyl (C=O) groups is 6. The Labute approximate surface area is 566 Å². The Kier molecular flexibility index (Phi) is 25.3. The van der Waals surface area contributed by atoms with Crippen molar-refractivity contribution in [2.24, 2.45) is 46.3 Å². The largest absolute Gasteiger partial charge is 0.507 e. The highest BCUT2D eigenvalue weighted by atomic mass is 32.1. The van der Waals surface area contributed by atoms with Crippen LogP contribution < -0.4 is 14.2 Å². The van der Waals surface area contributed by atoms with Gasteiger partial charge in [-0.1, -0.05) is 24.3 Å². The van der Waals surface area contributed by atoms with Gasteiger partial charge in [0.2, 0.25) is 11.8 Å². The summed E-state index contributed by atoms with van der Waals surface area (Å²) in [6.07, 6.45) is 17.5. The van der Waals surface area contributed by atoms with Gasteiger partial charge in [0, 0.05) is 103 Å². The minimum absolute atomic E-state index is 0.0259. The Morgan fingerprint density at radius 2 is 1.13 bits per heavy atom. The summed E-state index contributed by atoms with van der Waals surface area (Å²) in [6, 6.07) is 13.3. The highest BCUT2D eigenvalue weighted by Gasteiger charge is 2.63. The fraction of sp³-hybridized carbons (Fsp3) is 0.480. The summed E-state index contributed by atoms with van der Waals surface area (Å²) < 4.78 is 28.2. The molecule has 2 amide bonds. The lowest BCUT2D eigenvalue weighted by atomic mass is 9.84. The van der Waals surface area contributed by atoms with Crippen LogP contribution in [0.1, 0.15) is 115 Å². The number of allylic oxidation sites excluding steroid dienone is 4. The SMILES string of the molecule is C=CCCCCN(C)C(=O)[C@@H]1C[C@@H](O)C[C@H]1C(=O)C[C@]1(C(=O)OCC)C[C@H]1C=C.C=CCCCCN(C)C(=O)[C@@H]1C[C@H](Oc2cc(-c3nccs3)nc3c(C)c(OC)ccc23)C[C@H]1C(=O)C[C@]1(C(=O)OCC)C[C@H]1C=C.COc1ccc2c(O)cc(-c3nccs3)cc2c1C. The Balaban J connectivity index is 0.000000203. The molecule has 508 valence electrons. The van der Waals surface area contributed by atoms with Crippen molar-refractivity contribution in [3.8, 4) is 44.3 Å². The van der Waals surface area contributed by atoms with Gasteiger partial charge in [-0.2, -0.15) is 0 Å². The van der Waals surface area contributed by atoms with E-state index >= 15 is 0 Å². The summed E-state index contributed by atoms with van der Waals surface area (Å²) in [4.78, 5) is 96.7. The molecule has 0 spiro atoms. The summed E-state index contributed by atoms with van der Waals surface area (Å²) in [5, 5.41) is 28.5. The average Bonchev–Trinajstić information content (AvgIpc) is 1.60. The van der Waals surface area contributed by atoms with Gasteiger partial charge in [0.1, 0.15) is 56.4 Å². The predicted octanol–water partition coefficient (Wildman–Crippen LogP) is 13.9. The molecule has 0 unspecified atom stereocenters. The first kappa shape index (κ1) is 72.8. The van der Waals surface area contributed by atoms with Crippen molar-refractivity contribution < 1.29 is 62.7 Å². The van der Waals surface area contributed by atoms with Crippen molar-refractivity contribution in [1.82, 2.24) is 24.8 Å². The number of benzene rings is 3. The molecule has 10 rings (SSSR count). The fourth-order valence-electron chi connectivity index (χ4n) is 13.7. The Hall–Kier alpha value is -8.07. The lowest BCUT2D eigenvalue weighted by Gasteiger charge is -2.25. The molecule has 10 atom stereocenters. The molecular formula is C75H93N5O13S2. The van der Waals surface area contributed by atoms with Crippen molar-refractivity contribution in [3.63, 3.8) is 0 Å². The van der Waals surface area contributed by atoms with Gasteiger partial charge in [-0.3, -0.25) is 28.8 Å². The van der Waals surface area contributed by atoms with Crippen molar-refractivity contribution in [3.05, 3.63) is 127 Å². The minimum atomic E-state index is -0.904. The summed E-state index contributed by atoms with van der Waals surface area (Å²) in [5.41, 5.74) is 2.50. The number of aromatic nitrogens is 3. The molecule has 4 saturated carbocycles. The van der Waals surface area contributed by atoms with Gasteiger partial charge in [-0.05, 0) is 164 Å². The number of aliphatic hydroxyl groups is 1. The zero-order chi connectivity index (χ0) is 68.7. The molecule has 2 N–H and O–H groups in total. The molecule has 4 aliphatic carbocycles. The maximum absolute atomic E-state index is 14.1. The maximum Gasteiger partial charge on any atom is 0.313 e. The number of unbranched alkanes of at least 4 members (excludes halogenated alkanes) is 4. The number of methoxy groups -OCH3 is 2.